The Morgan fingerprint density at radius 1 is 1.38 bits per heavy atom. The molecule has 2 aromatic heterocycles. The first-order valence-electron chi connectivity index (χ1n) is 6.48. The van der Waals surface area contributed by atoms with Crippen LogP contribution >= 0.6 is 11.3 Å². The van der Waals surface area contributed by atoms with Crippen molar-refractivity contribution in [1.82, 2.24) is 15.3 Å². The van der Waals surface area contributed by atoms with Gasteiger partial charge >= 0.3 is 0 Å². The maximum absolute atomic E-state index is 12.2. The molecule has 0 aliphatic rings. The Hall–Kier alpha value is -2.47. The fraction of sp³-hybridized carbons (Fsp3) is 0.133. The Bertz CT molecular complexity index is 812. The van der Waals surface area contributed by atoms with Gasteiger partial charge in [-0.2, -0.15) is 0 Å². The number of pyridine rings is 1. The minimum absolute atomic E-state index is 0.131. The van der Waals surface area contributed by atoms with Crippen molar-refractivity contribution in [1.29, 1.82) is 0 Å². The SMILES string of the molecule is Cc1cccnc1CNC(=O)c1ccc2nc(N)sc2c1. The van der Waals surface area contributed by atoms with E-state index in [1.165, 1.54) is 11.3 Å². The standard InChI is InChI=1S/C15H14N4OS/c1-9-3-2-6-17-12(9)8-18-14(20)10-4-5-11-13(7-10)21-15(16)19-11/h2-7H,8H2,1H3,(H2,16,19)(H,18,20). The third-order valence-corrected chi connectivity index (χ3v) is 4.05. The Balaban J connectivity index is 1.76. The number of nitrogens with one attached hydrogen (secondary N) is 1. The number of benzene rings is 1. The van der Waals surface area contributed by atoms with Gasteiger partial charge in [0, 0.05) is 11.8 Å². The van der Waals surface area contributed by atoms with Crippen LogP contribution in [0.5, 0.6) is 0 Å². The molecule has 6 heteroatoms. The number of thiazole rings is 1. The number of rotatable bonds is 3. The molecule has 0 fully saturated rings. The highest BCUT2D eigenvalue weighted by Crippen LogP contribution is 2.24. The average molecular weight is 298 g/mol. The highest BCUT2D eigenvalue weighted by molar-refractivity contribution is 7.22. The summed E-state index contributed by atoms with van der Waals surface area (Å²) in [4.78, 5) is 20.6. The number of hydrogen-bond donors (Lipinski definition) is 2. The summed E-state index contributed by atoms with van der Waals surface area (Å²) < 4.78 is 0.911. The number of carbonyl (C=O) groups excluding carboxylic acids is 1. The van der Waals surface area contributed by atoms with Gasteiger partial charge in [0.25, 0.3) is 5.91 Å². The van der Waals surface area contributed by atoms with E-state index in [1.54, 1.807) is 12.3 Å². The van der Waals surface area contributed by atoms with Crippen molar-refractivity contribution in [3.05, 3.63) is 53.3 Å². The zero-order chi connectivity index (χ0) is 14.8. The summed E-state index contributed by atoms with van der Waals surface area (Å²) in [5.41, 5.74) is 9.01. The second-order valence-corrected chi connectivity index (χ2v) is 5.75. The smallest absolute Gasteiger partial charge is 0.251 e. The molecule has 0 aliphatic carbocycles. The summed E-state index contributed by atoms with van der Waals surface area (Å²) in [6, 6.07) is 9.22. The van der Waals surface area contributed by atoms with Gasteiger partial charge in [0.05, 0.1) is 22.5 Å². The lowest BCUT2D eigenvalue weighted by atomic mass is 10.2. The molecule has 0 radical (unpaired) electrons. The van der Waals surface area contributed by atoms with E-state index >= 15 is 0 Å². The number of aromatic nitrogens is 2. The summed E-state index contributed by atoms with van der Waals surface area (Å²) in [5, 5.41) is 3.39. The predicted molar refractivity (Wildman–Crippen MR) is 84.2 cm³/mol. The van der Waals surface area contributed by atoms with Crippen LogP contribution in [-0.2, 0) is 6.54 Å². The molecule has 2 heterocycles. The number of fused-ring (bicyclic) bond motifs is 1. The zero-order valence-electron chi connectivity index (χ0n) is 11.5. The summed E-state index contributed by atoms with van der Waals surface area (Å²) >= 11 is 1.37. The molecule has 106 valence electrons. The monoisotopic (exact) mass is 298 g/mol. The van der Waals surface area contributed by atoms with Crippen molar-refractivity contribution in [2.24, 2.45) is 0 Å². The topological polar surface area (TPSA) is 80.9 Å². The van der Waals surface area contributed by atoms with Crippen molar-refractivity contribution in [3.8, 4) is 0 Å². The van der Waals surface area contributed by atoms with Crippen LogP contribution < -0.4 is 11.1 Å². The second kappa shape index (κ2) is 5.49. The number of hydrogen-bond acceptors (Lipinski definition) is 5. The van der Waals surface area contributed by atoms with Crippen molar-refractivity contribution < 1.29 is 4.79 Å². The summed E-state index contributed by atoms with van der Waals surface area (Å²) in [7, 11) is 0. The van der Waals surface area contributed by atoms with Gasteiger partial charge in [-0.1, -0.05) is 17.4 Å². The predicted octanol–water partition coefficient (Wildman–Crippen LogP) is 2.51. The van der Waals surface area contributed by atoms with E-state index < -0.39 is 0 Å². The minimum atomic E-state index is -0.131. The van der Waals surface area contributed by atoms with Gasteiger partial charge in [-0.05, 0) is 36.8 Å². The Kier molecular flexibility index (Phi) is 3.53. The lowest BCUT2D eigenvalue weighted by Gasteiger charge is -2.07. The maximum Gasteiger partial charge on any atom is 0.251 e. The van der Waals surface area contributed by atoms with E-state index in [4.69, 9.17) is 5.73 Å². The molecule has 0 bridgehead atoms. The number of amides is 1. The summed E-state index contributed by atoms with van der Waals surface area (Å²) in [6.07, 6.45) is 1.72. The molecule has 1 aromatic carbocycles. The average Bonchev–Trinajstić information content (AvgIpc) is 2.85. The van der Waals surface area contributed by atoms with Crippen LogP contribution in [-0.4, -0.2) is 15.9 Å². The van der Waals surface area contributed by atoms with Gasteiger partial charge in [0.15, 0.2) is 5.13 Å². The van der Waals surface area contributed by atoms with Crippen molar-refractivity contribution in [2.75, 3.05) is 5.73 Å². The lowest BCUT2D eigenvalue weighted by molar-refractivity contribution is 0.0950. The van der Waals surface area contributed by atoms with Crippen LogP contribution in [0.2, 0.25) is 0 Å². The van der Waals surface area contributed by atoms with Gasteiger partial charge < -0.3 is 11.1 Å². The highest BCUT2D eigenvalue weighted by Gasteiger charge is 2.09. The summed E-state index contributed by atoms with van der Waals surface area (Å²) in [6.45, 7) is 2.38. The second-order valence-electron chi connectivity index (χ2n) is 4.68. The third-order valence-electron chi connectivity index (χ3n) is 3.20. The van der Waals surface area contributed by atoms with Gasteiger partial charge in [-0.15, -0.1) is 0 Å². The molecule has 3 N–H and O–H groups in total. The molecule has 0 atom stereocenters. The molecule has 5 nitrogen and oxygen atoms in total. The van der Waals surface area contributed by atoms with Crippen LogP contribution in [0, 0.1) is 6.92 Å². The van der Waals surface area contributed by atoms with E-state index in [0.717, 1.165) is 21.5 Å². The lowest BCUT2D eigenvalue weighted by Crippen LogP contribution is -2.23. The minimum Gasteiger partial charge on any atom is -0.375 e. The number of carbonyl (C=O) groups is 1. The van der Waals surface area contributed by atoms with Crippen LogP contribution in [0.4, 0.5) is 5.13 Å². The molecule has 21 heavy (non-hydrogen) atoms. The molecular formula is C15H14N4OS. The first-order chi connectivity index (χ1) is 10.1. The first-order valence-corrected chi connectivity index (χ1v) is 7.30. The number of anilines is 1. The van der Waals surface area contributed by atoms with E-state index in [9.17, 15) is 4.79 Å². The summed E-state index contributed by atoms with van der Waals surface area (Å²) in [5.74, 6) is -0.131. The van der Waals surface area contributed by atoms with Gasteiger partial charge in [0.2, 0.25) is 0 Å². The molecule has 3 rings (SSSR count). The fourth-order valence-corrected chi connectivity index (χ4v) is 2.83. The largest absolute Gasteiger partial charge is 0.375 e. The highest BCUT2D eigenvalue weighted by atomic mass is 32.1. The Labute approximate surface area is 125 Å². The molecule has 3 aromatic rings. The van der Waals surface area contributed by atoms with Crippen LogP contribution in [0.25, 0.3) is 10.2 Å². The molecule has 0 spiro atoms. The van der Waals surface area contributed by atoms with Crippen LogP contribution in [0.1, 0.15) is 21.6 Å². The molecule has 0 aliphatic heterocycles. The Morgan fingerprint density at radius 3 is 3.05 bits per heavy atom. The van der Waals surface area contributed by atoms with E-state index in [2.05, 4.69) is 15.3 Å². The molecular weight excluding hydrogens is 284 g/mol. The molecule has 0 saturated carbocycles. The van der Waals surface area contributed by atoms with Gasteiger partial charge in [0.1, 0.15) is 0 Å². The maximum atomic E-state index is 12.2. The number of nitrogen functional groups attached to an aromatic ring is 1. The van der Waals surface area contributed by atoms with E-state index in [-0.39, 0.29) is 5.91 Å². The van der Waals surface area contributed by atoms with E-state index in [1.807, 2.05) is 31.2 Å². The number of aryl methyl sites for hydroxylation is 1. The quantitative estimate of drug-likeness (QED) is 0.778. The van der Waals surface area contributed by atoms with Crippen LogP contribution in [0.15, 0.2) is 36.5 Å². The van der Waals surface area contributed by atoms with Gasteiger partial charge in [-0.25, -0.2) is 4.98 Å². The zero-order valence-corrected chi connectivity index (χ0v) is 12.3. The number of nitrogens with zero attached hydrogens (tertiary/aromatic N) is 2. The first kappa shape index (κ1) is 13.5. The molecule has 0 unspecified atom stereocenters. The van der Waals surface area contributed by atoms with Gasteiger partial charge in [-0.3, -0.25) is 9.78 Å². The van der Waals surface area contributed by atoms with E-state index in [0.29, 0.717) is 17.2 Å². The van der Waals surface area contributed by atoms with Crippen molar-refractivity contribution >= 4 is 32.6 Å². The van der Waals surface area contributed by atoms with Crippen molar-refractivity contribution in [2.45, 2.75) is 13.5 Å². The van der Waals surface area contributed by atoms with Crippen LogP contribution in [0.3, 0.4) is 0 Å². The Morgan fingerprint density at radius 2 is 2.24 bits per heavy atom. The molecule has 1 amide bonds. The normalized spacial score (nSPS) is 10.7. The molecule has 0 saturated heterocycles. The number of nitrogens with two attached hydrogens (primary N) is 1. The van der Waals surface area contributed by atoms with Crippen molar-refractivity contribution in [3.63, 3.8) is 0 Å². The third kappa shape index (κ3) is 2.85. The fourth-order valence-electron chi connectivity index (χ4n) is 2.05.